The van der Waals surface area contributed by atoms with Crippen molar-refractivity contribution >= 4 is 23.5 Å². The summed E-state index contributed by atoms with van der Waals surface area (Å²) in [6, 6.07) is 25.6. The minimum Gasteiger partial charge on any atom is -0.507 e. The van der Waals surface area contributed by atoms with E-state index in [9.17, 15) is 15.3 Å². The van der Waals surface area contributed by atoms with Gasteiger partial charge in [-0.25, -0.2) is 0 Å². The molecule has 0 atom stereocenters. The second-order valence-corrected chi connectivity index (χ2v) is 8.92. The number of methoxy groups -OCH3 is 1. The molecular formula is C25H20O4S2. The maximum absolute atomic E-state index is 10.7. The molecule has 0 unspecified atom stereocenters. The zero-order valence-electron chi connectivity index (χ0n) is 16.6. The van der Waals surface area contributed by atoms with Crippen molar-refractivity contribution in [2.45, 2.75) is 19.6 Å². The minimum absolute atomic E-state index is 0.0163. The fourth-order valence-electron chi connectivity index (χ4n) is 3.09. The van der Waals surface area contributed by atoms with Gasteiger partial charge in [-0.05, 0) is 48.5 Å². The van der Waals surface area contributed by atoms with Crippen molar-refractivity contribution in [1.82, 2.24) is 0 Å². The number of hydrogen-bond donors (Lipinski definition) is 3. The van der Waals surface area contributed by atoms with Crippen molar-refractivity contribution in [3.63, 3.8) is 0 Å². The zero-order valence-corrected chi connectivity index (χ0v) is 18.3. The molecule has 156 valence electrons. The first kappa shape index (κ1) is 21.0. The summed E-state index contributed by atoms with van der Waals surface area (Å²) in [5.41, 5.74) is 0.695. The predicted octanol–water partition coefficient (Wildman–Crippen LogP) is 6.78. The first-order chi connectivity index (χ1) is 15.0. The van der Waals surface area contributed by atoms with E-state index in [-0.39, 0.29) is 17.2 Å². The molecule has 0 saturated carbocycles. The molecule has 0 heterocycles. The molecule has 0 fully saturated rings. The summed E-state index contributed by atoms with van der Waals surface area (Å²) in [5, 5.41) is 31.9. The lowest BCUT2D eigenvalue weighted by Crippen LogP contribution is -1.90. The van der Waals surface area contributed by atoms with Crippen LogP contribution >= 0.6 is 23.5 Å². The number of benzene rings is 4. The standard InChI is InChI=1S/C25H20O4S2/c1-29-23-13-19(21(27)15-25(23)31-17-10-6-3-7-11-17)18-12-22(28)24(14-20(18)26)30-16-8-4-2-5-9-16/h2-15,26-28H,1H3. The SMILES string of the molecule is COc1cc(-c2cc(O)c(Sc3ccccc3)cc2O)c(O)cc1Sc1ccccc1. The molecule has 4 aromatic carbocycles. The van der Waals surface area contributed by atoms with E-state index >= 15 is 0 Å². The Morgan fingerprint density at radius 1 is 0.581 bits per heavy atom. The van der Waals surface area contributed by atoms with Gasteiger partial charge in [0, 0.05) is 20.9 Å². The number of phenolic OH excluding ortho intramolecular Hbond substituents is 3. The summed E-state index contributed by atoms with van der Waals surface area (Å²) >= 11 is 2.81. The lowest BCUT2D eigenvalue weighted by Gasteiger charge is -2.15. The third kappa shape index (κ3) is 4.76. The lowest BCUT2D eigenvalue weighted by molar-refractivity contribution is 0.402. The molecule has 6 heteroatoms. The summed E-state index contributed by atoms with van der Waals surface area (Å²) < 4.78 is 5.53. The van der Waals surface area contributed by atoms with Gasteiger partial charge in [0.05, 0.1) is 16.9 Å². The molecular weight excluding hydrogens is 428 g/mol. The van der Waals surface area contributed by atoms with Crippen LogP contribution in [0.1, 0.15) is 0 Å². The average Bonchev–Trinajstić information content (AvgIpc) is 2.78. The fraction of sp³-hybridized carbons (Fsp3) is 0.0400. The molecule has 4 nitrogen and oxygen atoms in total. The summed E-state index contributed by atoms with van der Waals surface area (Å²) in [6.45, 7) is 0. The van der Waals surface area contributed by atoms with Gasteiger partial charge in [0.15, 0.2) is 0 Å². The maximum Gasteiger partial charge on any atom is 0.133 e. The molecule has 0 aliphatic rings. The predicted molar refractivity (Wildman–Crippen MR) is 125 cm³/mol. The van der Waals surface area contributed by atoms with Crippen LogP contribution in [0.25, 0.3) is 11.1 Å². The van der Waals surface area contributed by atoms with Crippen molar-refractivity contribution in [2.24, 2.45) is 0 Å². The van der Waals surface area contributed by atoms with Gasteiger partial charge >= 0.3 is 0 Å². The smallest absolute Gasteiger partial charge is 0.133 e. The van der Waals surface area contributed by atoms with E-state index in [4.69, 9.17) is 4.74 Å². The number of rotatable bonds is 6. The van der Waals surface area contributed by atoms with Gasteiger partial charge in [-0.2, -0.15) is 0 Å². The van der Waals surface area contributed by atoms with E-state index in [1.807, 2.05) is 60.7 Å². The van der Waals surface area contributed by atoms with Crippen LogP contribution in [0, 0.1) is 0 Å². The van der Waals surface area contributed by atoms with E-state index < -0.39 is 0 Å². The molecule has 0 aliphatic carbocycles. The van der Waals surface area contributed by atoms with Gasteiger partial charge in [-0.1, -0.05) is 59.9 Å². The second-order valence-electron chi connectivity index (χ2n) is 6.69. The van der Waals surface area contributed by atoms with Crippen molar-refractivity contribution in [1.29, 1.82) is 0 Å². The highest BCUT2D eigenvalue weighted by Crippen LogP contribution is 2.47. The summed E-state index contributed by atoms with van der Waals surface area (Å²) in [6.07, 6.45) is 0. The molecule has 4 rings (SSSR count). The van der Waals surface area contributed by atoms with Gasteiger partial charge in [0.25, 0.3) is 0 Å². The molecule has 31 heavy (non-hydrogen) atoms. The molecule has 3 N–H and O–H groups in total. The van der Waals surface area contributed by atoms with Gasteiger partial charge in [0.2, 0.25) is 0 Å². The number of hydrogen-bond acceptors (Lipinski definition) is 6. The van der Waals surface area contributed by atoms with Crippen LogP contribution in [0.15, 0.2) is 105 Å². The molecule has 0 spiro atoms. The molecule has 0 bridgehead atoms. The Labute approximate surface area is 189 Å². The molecule has 0 aromatic heterocycles. The van der Waals surface area contributed by atoms with Gasteiger partial charge in [-0.15, -0.1) is 0 Å². The fourth-order valence-corrected chi connectivity index (χ4v) is 4.93. The minimum atomic E-state index is -0.0444. The van der Waals surface area contributed by atoms with Crippen LogP contribution in [0.5, 0.6) is 23.0 Å². The summed E-state index contributed by atoms with van der Waals surface area (Å²) in [4.78, 5) is 3.22. The Hall–Kier alpha value is -3.22. The number of phenols is 3. The van der Waals surface area contributed by atoms with E-state index in [1.54, 1.807) is 19.2 Å². The first-order valence-corrected chi connectivity index (χ1v) is 11.1. The van der Waals surface area contributed by atoms with Gasteiger partial charge < -0.3 is 20.1 Å². The molecule has 0 radical (unpaired) electrons. The monoisotopic (exact) mass is 448 g/mol. The van der Waals surface area contributed by atoms with Crippen molar-refractivity contribution in [3.05, 3.63) is 84.9 Å². The highest BCUT2D eigenvalue weighted by atomic mass is 32.2. The Balaban J connectivity index is 1.69. The first-order valence-electron chi connectivity index (χ1n) is 9.48. The molecule has 0 saturated heterocycles. The van der Waals surface area contributed by atoms with Crippen LogP contribution in [0.4, 0.5) is 0 Å². The van der Waals surface area contributed by atoms with Crippen LogP contribution in [-0.4, -0.2) is 22.4 Å². The van der Waals surface area contributed by atoms with Gasteiger partial charge in [0.1, 0.15) is 23.0 Å². The van der Waals surface area contributed by atoms with Crippen LogP contribution in [-0.2, 0) is 0 Å². The third-order valence-corrected chi connectivity index (χ3v) is 6.69. The number of ether oxygens (including phenoxy) is 1. The highest BCUT2D eigenvalue weighted by molar-refractivity contribution is 7.99. The Bertz CT molecular complexity index is 1200. The largest absolute Gasteiger partial charge is 0.507 e. The Kier molecular flexibility index (Phi) is 6.30. The van der Waals surface area contributed by atoms with E-state index in [2.05, 4.69) is 0 Å². The summed E-state index contributed by atoms with van der Waals surface area (Å²) in [7, 11) is 1.56. The highest BCUT2D eigenvalue weighted by Gasteiger charge is 2.18. The second kappa shape index (κ2) is 9.29. The topological polar surface area (TPSA) is 69.9 Å². The van der Waals surface area contributed by atoms with Crippen molar-refractivity contribution < 1.29 is 20.1 Å². The maximum atomic E-state index is 10.7. The number of aromatic hydroxyl groups is 3. The normalized spacial score (nSPS) is 10.7. The molecule has 4 aromatic rings. The molecule has 0 amide bonds. The van der Waals surface area contributed by atoms with Crippen LogP contribution in [0.2, 0.25) is 0 Å². The average molecular weight is 449 g/mol. The molecule has 0 aliphatic heterocycles. The lowest BCUT2D eigenvalue weighted by atomic mass is 10.0. The van der Waals surface area contributed by atoms with Crippen molar-refractivity contribution in [2.75, 3.05) is 7.11 Å². The zero-order chi connectivity index (χ0) is 21.8. The Morgan fingerprint density at radius 3 is 1.61 bits per heavy atom. The summed E-state index contributed by atoms with van der Waals surface area (Å²) in [5.74, 6) is 0.514. The van der Waals surface area contributed by atoms with Gasteiger partial charge in [-0.3, -0.25) is 0 Å². The quantitative estimate of drug-likeness (QED) is 0.282. The third-order valence-electron chi connectivity index (χ3n) is 4.59. The van der Waals surface area contributed by atoms with Crippen molar-refractivity contribution in [3.8, 4) is 34.1 Å². The van der Waals surface area contributed by atoms with E-state index in [0.717, 1.165) is 14.7 Å². The van der Waals surface area contributed by atoms with Crippen LogP contribution in [0.3, 0.4) is 0 Å². The van der Waals surface area contributed by atoms with E-state index in [0.29, 0.717) is 21.8 Å². The van der Waals surface area contributed by atoms with E-state index in [1.165, 1.54) is 35.7 Å². The Morgan fingerprint density at radius 2 is 1.06 bits per heavy atom. The van der Waals surface area contributed by atoms with Crippen LogP contribution < -0.4 is 4.74 Å².